The Balaban J connectivity index is 1.84. The summed E-state index contributed by atoms with van der Waals surface area (Å²) < 4.78 is 12.1. The summed E-state index contributed by atoms with van der Waals surface area (Å²) in [5.41, 5.74) is 1.16. The largest absolute Gasteiger partial charge is 0.493 e. The second-order valence-corrected chi connectivity index (χ2v) is 8.14. The molecule has 0 N–H and O–H groups in total. The standard InChI is InChI=1S/C19H14BrNO4S2/c1-21-17(22)16(27-19(21)26)9-11-6-7-14(15(8-11)24-2)25-18(23)12-4-3-5-13(20)10-12/h3-10H,1-2H3/b16-9+. The van der Waals surface area contributed by atoms with Crippen molar-refractivity contribution in [3.63, 3.8) is 0 Å². The van der Waals surface area contributed by atoms with E-state index in [1.165, 1.54) is 23.8 Å². The Kier molecular flexibility index (Phi) is 5.98. The van der Waals surface area contributed by atoms with Gasteiger partial charge in [0.25, 0.3) is 5.91 Å². The Morgan fingerprint density at radius 3 is 2.63 bits per heavy atom. The highest BCUT2D eigenvalue weighted by Gasteiger charge is 2.28. The van der Waals surface area contributed by atoms with Crippen molar-refractivity contribution in [3.8, 4) is 11.5 Å². The number of thioether (sulfide) groups is 1. The molecule has 1 aliphatic rings. The third kappa shape index (κ3) is 4.40. The first kappa shape index (κ1) is 19.6. The van der Waals surface area contributed by atoms with E-state index in [4.69, 9.17) is 21.7 Å². The van der Waals surface area contributed by atoms with Gasteiger partial charge in [-0.15, -0.1) is 0 Å². The molecule has 0 bridgehead atoms. The van der Waals surface area contributed by atoms with E-state index in [1.807, 2.05) is 6.07 Å². The van der Waals surface area contributed by atoms with Crippen LogP contribution in [0.25, 0.3) is 6.08 Å². The number of methoxy groups -OCH3 is 1. The Labute approximate surface area is 174 Å². The van der Waals surface area contributed by atoms with E-state index in [1.54, 1.807) is 49.5 Å². The van der Waals surface area contributed by atoms with Crippen LogP contribution in [0.4, 0.5) is 0 Å². The summed E-state index contributed by atoms with van der Waals surface area (Å²) in [5.74, 6) is 0.0464. The number of carbonyl (C=O) groups is 2. The van der Waals surface area contributed by atoms with Gasteiger partial charge in [0.15, 0.2) is 11.5 Å². The minimum Gasteiger partial charge on any atom is -0.493 e. The van der Waals surface area contributed by atoms with Crippen LogP contribution in [0.15, 0.2) is 51.8 Å². The highest BCUT2D eigenvalue weighted by atomic mass is 79.9. The fourth-order valence-electron chi connectivity index (χ4n) is 2.33. The summed E-state index contributed by atoms with van der Waals surface area (Å²) in [5, 5.41) is 0. The molecule has 0 aromatic heterocycles. The summed E-state index contributed by atoms with van der Waals surface area (Å²) >= 11 is 9.70. The van der Waals surface area contributed by atoms with Crippen molar-refractivity contribution in [1.29, 1.82) is 0 Å². The van der Waals surface area contributed by atoms with Crippen molar-refractivity contribution in [2.75, 3.05) is 14.2 Å². The van der Waals surface area contributed by atoms with E-state index in [-0.39, 0.29) is 5.91 Å². The lowest BCUT2D eigenvalue weighted by molar-refractivity contribution is -0.121. The average Bonchev–Trinajstić information content (AvgIpc) is 2.89. The molecule has 0 atom stereocenters. The summed E-state index contributed by atoms with van der Waals surface area (Å²) in [6.45, 7) is 0. The van der Waals surface area contributed by atoms with Crippen LogP contribution in [0.2, 0.25) is 0 Å². The van der Waals surface area contributed by atoms with Crippen molar-refractivity contribution in [2.45, 2.75) is 0 Å². The summed E-state index contributed by atoms with van der Waals surface area (Å²) in [6.07, 6.45) is 1.73. The predicted octanol–water partition coefficient (Wildman–Crippen LogP) is 4.51. The van der Waals surface area contributed by atoms with Gasteiger partial charge in [-0.25, -0.2) is 4.79 Å². The Bertz CT molecular complexity index is 974. The molecule has 0 aliphatic carbocycles. The van der Waals surface area contributed by atoms with E-state index in [2.05, 4.69) is 15.9 Å². The molecule has 0 spiro atoms. The second kappa shape index (κ2) is 8.24. The van der Waals surface area contributed by atoms with Gasteiger partial charge < -0.3 is 9.47 Å². The summed E-state index contributed by atoms with van der Waals surface area (Å²) in [4.78, 5) is 26.4. The van der Waals surface area contributed by atoms with Crippen molar-refractivity contribution in [2.24, 2.45) is 0 Å². The third-order valence-corrected chi connectivity index (χ3v) is 5.71. The van der Waals surface area contributed by atoms with Gasteiger partial charge in [-0.2, -0.15) is 0 Å². The zero-order valence-electron chi connectivity index (χ0n) is 14.4. The van der Waals surface area contributed by atoms with Gasteiger partial charge in [-0.1, -0.05) is 52.0 Å². The first-order chi connectivity index (χ1) is 12.9. The number of benzene rings is 2. The monoisotopic (exact) mass is 463 g/mol. The lowest BCUT2D eigenvalue weighted by Crippen LogP contribution is -2.22. The number of hydrogen-bond donors (Lipinski definition) is 0. The Morgan fingerprint density at radius 1 is 1.22 bits per heavy atom. The lowest BCUT2D eigenvalue weighted by atomic mass is 10.1. The predicted molar refractivity (Wildman–Crippen MR) is 113 cm³/mol. The molecule has 3 rings (SSSR count). The first-order valence-electron chi connectivity index (χ1n) is 7.76. The molecule has 0 unspecified atom stereocenters. The Hall–Kier alpha value is -2.16. The highest BCUT2D eigenvalue weighted by Crippen LogP contribution is 2.34. The van der Waals surface area contributed by atoms with Gasteiger partial charge in [0.2, 0.25) is 0 Å². The maximum absolute atomic E-state index is 12.3. The van der Waals surface area contributed by atoms with Gasteiger partial charge >= 0.3 is 5.97 Å². The van der Waals surface area contributed by atoms with Crippen LogP contribution in [0, 0.1) is 0 Å². The van der Waals surface area contributed by atoms with Crippen LogP contribution in [0.3, 0.4) is 0 Å². The maximum Gasteiger partial charge on any atom is 0.343 e. The smallest absolute Gasteiger partial charge is 0.343 e. The van der Waals surface area contributed by atoms with E-state index >= 15 is 0 Å². The number of thiocarbonyl (C=S) groups is 1. The normalized spacial score (nSPS) is 15.4. The molecular formula is C19H14BrNO4S2. The highest BCUT2D eigenvalue weighted by molar-refractivity contribution is 9.10. The van der Waals surface area contributed by atoms with Crippen molar-refractivity contribution in [3.05, 3.63) is 63.0 Å². The molecule has 5 nitrogen and oxygen atoms in total. The van der Waals surface area contributed by atoms with Gasteiger partial charge in [0.1, 0.15) is 4.32 Å². The molecule has 1 aliphatic heterocycles. The number of likely N-dealkylation sites (N-methyl/N-ethyl adjacent to an activating group) is 1. The number of amides is 1. The molecule has 2 aromatic carbocycles. The minimum absolute atomic E-state index is 0.144. The fraction of sp³-hybridized carbons (Fsp3) is 0.105. The second-order valence-electron chi connectivity index (χ2n) is 5.55. The van der Waals surface area contributed by atoms with Crippen LogP contribution in [0.1, 0.15) is 15.9 Å². The number of hydrogen-bond acceptors (Lipinski definition) is 6. The number of rotatable bonds is 4. The maximum atomic E-state index is 12.3. The third-order valence-electron chi connectivity index (χ3n) is 3.73. The molecule has 0 radical (unpaired) electrons. The zero-order chi connectivity index (χ0) is 19.6. The van der Waals surface area contributed by atoms with E-state index in [0.29, 0.717) is 26.3 Å². The van der Waals surface area contributed by atoms with E-state index in [0.717, 1.165) is 10.0 Å². The van der Waals surface area contributed by atoms with E-state index in [9.17, 15) is 9.59 Å². The summed E-state index contributed by atoms with van der Waals surface area (Å²) in [7, 11) is 3.13. The fourth-order valence-corrected chi connectivity index (χ4v) is 3.91. The van der Waals surface area contributed by atoms with Crippen LogP contribution >= 0.6 is 39.9 Å². The van der Waals surface area contributed by atoms with Crippen molar-refractivity contribution >= 4 is 62.2 Å². The van der Waals surface area contributed by atoms with Crippen LogP contribution in [-0.2, 0) is 4.79 Å². The number of esters is 1. The van der Waals surface area contributed by atoms with Crippen molar-refractivity contribution in [1.82, 2.24) is 4.90 Å². The molecular weight excluding hydrogens is 450 g/mol. The van der Waals surface area contributed by atoms with Crippen molar-refractivity contribution < 1.29 is 19.1 Å². The van der Waals surface area contributed by atoms with E-state index < -0.39 is 5.97 Å². The molecule has 2 aromatic rings. The molecule has 1 saturated heterocycles. The summed E-state index contributed by atoms with van der Waals surface area (Å²) in [6, 6.07) is 12.0. The van der Waals surface area contributed by atoms with Gasteiger partial charge in [0, 0.05) is 11.5 Å². The number of halogens is 1. The van der Waals surface area contributed by atoms with Gasteiger partial charge in [0.05, 0.1) is 17.6 Å². The lowest BCUT2D eigenvalue weighted by Gasteiger charge is -2.10. The first-order valence-corrected chi connectivity index (χ1v) is 9.78. The van der Waals surface area contributed by atoms with Crippen LogP contribution in [-0.4, -0.2) is 35.3 Å². The topological polar surface area (TPSA) is 55.8 Å². The number of ether oxygens (including phenoxy) is 2. The molecule has 27 heavy (non-hydrogen) atoms. The van der Waals surface area contributed by atoms with Crippen LogP contribution in [0.5, 0.6) is 11.5 Å². The van der Waals surface area contributed by atoms with Gasteiger partial charge in [-0.05, 0) is 42.0 Å². The molecule has 138 valence electrons. The van der Waals surface area contributed by atoms with Crippen LogP contribution < -0.4 is 9.47 Å². The Morgan fingerprint density at radius 2 is 2.00 bits per heavy atom. The molecule has 0 saturated carbocycles. The number of carbonyl (C=O) groups excluding carboxylic acids is 2. The molecule has 1 amide bonds. The zero-order valence-corrected chi connectivity index (χ0v) is 17.6. The minimum atomic E-state index is -0.491. The average molecular weight is 464 g/mol. The van der Waals surface area contributed by atoms with Gasteiger partial charge in [-0.3, -0.25) is 9.69 Å². The SMILES string of the molecule is COc1cc(/C=C2/SC(=S)N(C)C2=O)ccc1OC(=O)c1cccc(Br)c1. The molecule has 8 heteroatoms. The molecule has 1 heterocycles. The molecule has 1 fully saturated rings. The number of nitrogens with zero attached hydrogens (tertiary/aromatic N) is 1. The quantitative estimate of drug-likeness (QED) is 0.287.